The van der Waals surface area contributed by atoms with Gasteiger partial charge in [0.05, 0.1) is 17.0 Å². The Balaban J connectivity index is 1.56. The molecule has 0 saturated heterocycles. The molecule has 1 amide bonds. The Morgan fingerprint density at radius 3 is 2.38 bits per heavy atom. The first-order chi connectivity index (χ1) is 18.9. The highest BCUT2D eigenvalue weighted by atomic mass is 16.6. The molecule has 0 unspecified atom stereocenters. The predicted molar refractivity (Wildman–Crippen MR) is 151 cm³/mol. The number of anilines is 1. The van der Waals surface area contributed by atoms with Crippen LogP contribution in [0.15, 0.2) is 97.2 Å². The molecule has 196 valence electrons. The number of fused-ring (bicyclic) bond motifs is 1. The Hall–Kier alpha value is -4.91. The summed E-state index contributed by atoms with van der Waals surface area (Å²) in [6, 6.07) is 27.4. The number of aromatic nitrogens is 2. The van der Waals surface area contributed by atoms with Crippen LogP contribution in [-0.4, -0.2) is 26.6 Å². The number of aryl methyl sites for hydroxylation is 2. The van der Waals surface area contributed by atoms with Crippen LogP contribution in [0.3, 0.4) is 0 Å². The zero-order valence-corrected chi connectivity index (χ0v) is 21.8. The molecule has 2 aromatic heterocycles. The van der Waals surface area contributed by atoms with E-state index in [9.17, 15) is 14.7 Å². The first kappa shape index (κ1) is 25.7. The smallest absolute Gasteiger partial charge is 0.412 e. The minimum atomic E-state index is -0.987. The Kier molecular flexibility index (Phi) is 7.41. The van der Waals surface area contributed by atoms with Gasteiger partial charge in [-0.1, -0.05) is 80.1 Å². The van der Waals surface area contributed by atoms with Crippen molar-refractivity contribution >= 4 is 23.4 Å². The van der Waals surface area contributed by atoms with Crippen molar-refractivity contribution in [3.8, 4) is 11.1 Å². The van der Waals surface area contributed by atoms with Gasteiger partial charge in [-0.05, 0) is 59.9 Å². The number of nitrogens with one attached hydrogen (secondary N) is 1. The normalized spacial score (nSPS) is 11.7. The SMILES string of the molecule is CCCc1cn2c([C@H](OC(=O)Nc3ccccc3)c3ccc(-c4ccccc4C(=O)O)cc3)ccc(C)c2n1. The van der Waals surface area contributed by atoms with E-state index in [1.807, 2.05) is 78.2 Å². The Morgan fingerprint density at radius 1 is 0.949 bits per heavy atom. The van der Waals surface area contributed by atoms with Crippen LogP contribution >= 0.6 is 0 Å². The molecule has 0 saturated carbocycles. The maximum atomic E-state index is 13.1. The van der Waals surface area contributed by atoms with Gasteiger partial charge >= 0.3 is 12.1 Å². The van der Waals surface area contributed by atoms with Crippen LogP contribution in [-0.2, 0) is 11.2 Å². The second kappa shape index (κ2) is 11.2. The van der Waals surface area contributed by atoms with Crippen LogP contribution in [0.5, 0.6) is 0 Å². The summed E-state index contributed by atoms with van der Waals surface area (Å²) in [5.74, 6) is -0.987. The highest BCUT2D eigenvalue weighted by molar-refractivity contribution is 5.96. The standard InChI is InChI=1S/C32H29N3O4/c1-3-9-25-20-35-28(19-14-21(2)30(35)33-25)29(39-32(38)34-24-10-5-4-6-11-24)23-17-15-22(16-18-23)26-12-7-8-13-27(26)31(36)37/h4-8,10-20,29H,3,9H2,1-2H3,(H,34,38)(H,36,37)/t29-/m1/s1. The summed E-state index contributed by atoms with van der Waals surface area (Å²) in [6.45, 7) is 4.12. The lowest BCUT2D eigenvalue weighted by Gasteiger charge is -2.21. The number of carboxylic acids is 1. The third-order valence-corrected chi connectivity index (χ3v) is 6.59. The van der Waals surface area contributed by atoms with Crippen molar-refractivity contribution in [1.29, 1.82) is 0 Å². The summed E-state index contributed by atoms with van der Waals surface area (Å²) in [5.41, 5.74) is 6.54. The summed E-state index contributed by atoms with van der Waals surface area (Å²) in [5, 5.41) is 12.4. The van der Waals surface area contributed by atoms with Crippen LogP contribution in [0.25, 0.3) is 16.8 Å². The van der Waals surface area contributed by atoms with Gasteiger partial charge in [0.25, 0.3) is 0 Å². The fraction of sp³-hybridized carbons (Fsp3) is 0.156. The average Bonchev–Trinajstić information content (AvgIpc) is 3.38. The number of aromatic carboxylic acids is 1. The van der Waals surface area contributed by atoms with Crippen molar-refractivity contribution in [2.24, 2.45) is 0 Å². The van der Waals surface area contributed by atoms with Gasteiger partial charge in [-0.2, -0.15) is 0 Å². The van der Waals surface area contributed by atoms with Gasteiger partial charge in [0.2, 0.25) is 0 Å². The first-order valence-electron chi connectivity index (χ1n) is 12.9. The van der Waals surface area contributed by atoms with E-state index in [2.05, 4.69) is 12.2 Å². The number of carbonyl (C=O) groups is 2. The molecule has 0 fully saturated rings. The molecular formula is C32H29N3O4. The Morgan fingerprint density at radius 2 is 1.67 bits per heavy atom. The molecule has 0 aliphatic heterocycles. The minimum absolute atomic E-state index is 0.224. The number of benzene rings is 3. The lowest BCUT2D eigenvalue weighted by Crippen LogP contribution is -2.20. The van der Waals surface area contributed by atoms with Gasteiger partial charge in [0, 0.05) is 11.9 Å². The maximum Gasteiger partial charge on any atom is 0.412 e. The predicted octanol–water partition coefficient (Wildman–Crippen LogP) is 7.30. The van der Waals surface area contributed by atoms with Crippen LogP contribution < -0.4 is 5.32 Å². The molecule has 39 heavy (non-hydrogen) atoms. The molecule has 0 aliphatic carbocycles. The second-order valence-electron chi connectivity index (χ2n) is 9.37. The van der Waals surface area contributed by atoms with Gasteiger partial charge in [0.1, 0.15) is 5.65 Å². The molecule has 3 aromatic carbocycles. The van der Waals surface area contributed by atoms with Crippen molar-refractivity contribution in [2.75, 3.05) is 5.32 Å². The summed E-state index contributed by atoms with van der Waals surface area (Å²) in [4.78, 5) is 29.6. The zero-order valence-electron chi connectivity index (χ0n) is 21.8. The lowest BCUT2D eigenvalue weighted by molar-refractivity contribution is 0.0697. The highest BCUT2D eigenvalue weighted by Gasteiger charge is 2.24. The number of carbonyl (C=O) groups excluding carboxylic acids is 1. The lowest BCUT2D eigenvalue weighted by atomic mass is 9.97. The third-order valence-electron chi connectivity index (χ3n) is 6.59. The van der Waals surface area contributed by atoms with E-state index < -0.39 is 18.2 Å². The van der Waals surface area contributed by atoms with E-state index >= 15 is 0 Å². The number of nitrogens with zero attached hydrogens (tertiary/aromatic N) is 2. The van der Waals surface area contributed by atoms with Crippen molar-refractivity contribution in [1.82, 2.24) is 9.38 Å². The molecule has 1 atom stereocenters. The molecule has 5 rings (SSSR count). The summed E-state index contributed by atoms with van der Waals surface area (Å²) >= 11 is 0. The van der Waals surface area contributed by atoms with E-state index in [0.717, 1.165) is 46.6 Å². The van der Waals surface area contributed by atoms with Crippen LogP contribution in [0, 0.1) is 6.92 Å². The number of ether oxygens (including phenoxy) is 1. The zero-order chi connectivity index (χ0) is 27.4. The monoisotopic (exact) mass is 519 g/mol. The van der Waals surface area contributed by atoms with Crippen molar-refractivity contribution < 1.29 is 19.4 Å². The average molecular weight is 520 g/mol. The fourth-order valence-electron chi connectivity index (χ4n) is 4.69. The highest BCUT2D eigenvalue weighted by Crippen LogP contribution is 2.32. The van der Waals surface area contributed by atoms with Gasteiger partial charge in [-0.3, -0.25) is 9.72 Å². The van der Waals surface area contributed by atoms with Crippen molar-refractivity contribution in [3.05, 3.63) is 125 Å². The maximum absolute atomic E-state index is 13.1. The molecule has 5 aromatic rings. The van der Waals surface area contributed by atoms with Crippen LogP contribution in [0.2, 0.25) is 0 Å². The number of amides is 1. The topological polar surface area (TPSA) is 92.9 Å². The summed E-state index contributed by atoms with van der Waals surface area (Å²) < 4.78 is 8.05. The van der Waals surface area contributed by atoms with Crippen LogP contribution in [0.4, 0.5) is 10.5 Å². The van der Waals surface area contributed by atoms with Gasteiger partial charge in [-0.15, -0.1) is 0 Å². The van der Waals surface area contributed by atoms with Gasteiger partial charge in [-0.25, -0.2) is 14.6 Å². The number of hydrogen-bond acceptors (Lipinski definition) is 4. The Labute approximate surface area is 226 Å². The molecule has 0 aliphatic rings. The van der Waals surface area contributed by atoms with E-state index in [-0.39, 0.29) is 5.56 Å². The van der Waals surface area contributed by atoms with E-state index in [0.29, 0.717) is 11.3 Å². The third kappa shape index (κ3) is 5.52. The quantitative estimate of drug-likeness (QED) is 0.224. The Bertz CT molecular complexity index is 1630. The molecular weight excluding hydrogens is 490 g/mol. The van der Waals surface area contributed by atoms with E-state index in [4.69, 9.17) is 9.72 Å². The molecule has 7 nitrogen and oxygen atoms in total. The molecule has 2 heterocycles. The number of carboxylic acid groups (broad SMARTS) is 1. The largest absolute Gasteiger partial charge is 0.478 e. The van der Waals surface area contributed by atoms with E-state index in [1.165, 1.54) is 0 Å². The van der Waals surface area contributed by atoms with Gasteiger partial charge < -0.3 is 9.84 Å². The minimum Gasteiger partial charge on any atom is -0.478 e. The number of imidazole rings is 1. The first-order valence-corrected chi connectivity index (χ1v) is 12.9. The number of rotatable bonds is 8. The molecule has 0 spiro atoms. The summed E-state index contributed by atoms with van der Waals surface area (Å²) in [7, 11) is 0. The van der Waals surface area contributed by atoms with E-state index in [1.54, 1.807) is 30.3 Å². The summed E-state index contributed by atoms with van der Waals surface area (Å²) in [6.07, 6.45) is 2.48. The molecule has 0 bridgehead atoms. The van der Waals surface area contributed by atoms with Crippen LogP contribution in [0.1, 0.15) is 52.3 Å². The van der Waals surface area contributed by atoms with Crippen molar-refractivity contribution in [2.45, 2.75) is 32.8 Å². The molecule has 0 radical (unpaired) electrons. The second-order valence-corrected chi connectivity index (χ2v) is 9.37. The van der Waals surface area contributed by atoms with Gasteiger partial charge in [0.15, 0.2) is 6.10 Å². The molecule has 2 N–H and O–H groups in total. The number of hydrogen-bond donors (Lipinski definition) is 2. The molecule has 7 heteroatoms. The number of para-hydroxylation sites is 1. The fourth-order valence-corrected chi connectivity index (χ4v) is 4.69. The van der Waals surface area contributed by atoms with Crippen molar-refractivity contribution in [3.63, 3.8) is 0 Å². The number of pyridine rings is 1.